The largest absolute Gasteiger partial charge is 0.496 e. The molecule has 0 unspecified atom stereocenters. The molecule has 26 heavy (non-hydrogen) atoms. The van der Waals surface area contributed by atoms with Crippen molar-refractivity contribution in [1.82, 2.24) is 5.32 Å². The molecule has 5 nitrogen and oxygen atoms in total. The standard InChI is InChI=1S/C20H23ClN2O3/c1-13-9-14(2)20(17(21)10-13)23(15(3)24)12-19(25)22-11-16-7-5-6-8-18(16)26-4/h5-10H,11-12H2,1-4H3,(H,22,25). The summed E-state index contributed by atoms with van der Waals surface area (Å²) in [6, 6.07) is 11.2. The Morgan fingerprint density at radius 2 is 1.88 bits per heavy atom. The Bertz CT molecular complexity index is 797. The fraction of sp³-hybridized carbons (Fsp3) is 0.300. The molecule has 0 fully saturated rings. The number of anilines is 1. The van der Waals surface area contributed by atoms with Crippen LogP contribution in [-0.4, -0.2) is 25.5 Å². The van der Waals surface area contributed by atoms with Gasteiger partial charge >= 0.3 is 0 Å². The number of carbonyl (C=O) groups is 2. The van der Waals surface area contributed by atoms with E-state index in [0.717, 1.165) is 16.7 Å². The van der Waals surface area contributed by atoms with Gasteiger partial charge in [-0.25, -0.2) is 0 Å². The van der Waals surface area contributed by atoms with Crippen molar-refractivity contribution in [2.24, 2.45) is 0 Å². The molecule has 0 aliphatic carbocycles. The lowest BCUT2D eigenvalue weighted by atomic mass is 10.1. The second kappa shape index (κ2) is 8.72. The Morgan fingerprint density at radius 1 is 1.19 bits per heavy atom. The van der Waals surface area contributed by atoms with Gasteiger partial charge in [-0.1, -0.05) is 35.9 Å². The van der Waals surface area contributed by atoms with E-state index in [1.807, 2.05) is 44.2 Å². The van der Waals surface area contributed by atoms with Crippen molar-refractivity contribution >= 4 is 29.1 Å². The minimum absolute atomic E-state index is 0.103. The average Bonchev–Trinajstić information content (AvgIpc) is 2.58. The summed E-state index contributed by atoms with van der Waals surface area (Å²) in [6.45, 7) is 5.43. The topological polar surface area (TPSA) is 58.6 Å². The molecule has 0 aliphatic rings. The molecule has 0 aliphatic heterocycles. The first-order valence-electron chi connectivity index (χ1n) is 8.27. The van der Waals surface area contributed by atoms with Crippen molar-refractivity contribution in [2.75, 3.05) is 18.6 Å². The Balaban J connectivity index is 2.13. The zero-order valence-corrected chi connectivity index (χ0v) is 16.2. The number of aryl methyl sites for hydroxylation is 2. The van der Waals surface area contributed by atoms with Crippen LogP contribution in [0.3, 0.4) is 0 Å². The summed E-state index contributed by atoms with van der Waals surface area (Å²) in [4.78, 5) is 25.9. The van der Waals surface area contributed by atoms with E-state index in [-0.39, 0.29) is 18.4 Å². The smallest absolute Gasteiger partial charge is 0.240 e. The van der Waals surface area contributed by atoms with E-state index >= 15 is 0 Å². The van der Waals surface area contributed by atoms with Gasteiger partial charge < -0.3 is 15.0 Å². The van der Waals surface area contributed by atoms with Crippen LogP contribution < -0.4 is 15.0 Å². The Morgan fingerprint density at radius 3 is 2.50 bits per heavy atom. The lowest BCUT2D eigenvalue weighted by molar-refractivity contribution is -0.123. The third-order valence-corrected chi connectivity index (χ3v) is 4.31. The van der Waals surface area contributed by atoms with Gasteiger partial charge in [-0.15, -0.1) is 0 Å². The van der Waals surface area contributed by atoms with Crippen molar-refractivity contribution in [1.29, 1.82) is 0 Å². The summed E-state index contributed by atoms with van der Waals surface area (Å²) in [7, 11) is 1.58. The number of para-hydroxylation sites is 1. The van der Waals surface area contributed by atoms with Crippen LogP contribution in [0.4, 0.5) is 5.69 Å². The van der Waals surface area contributed by atoms with Crippen molar-refractivity contribution in [3.05, 3.63) is 58.1 Å². The van der Waals surface area contributed by atoms with Crippen LogP contribution in [0.15, 0.2) is 36.4 Å². The van der Waals surface area contributed by atoms with Gasteiger partial charge in [-0.2, -0.15) is 0 Å². The monoisotopic (exact) mass is 374 g/mol. The van der Waals surface area contributed by atoms with Gasteiger partial charge in [0.25, 0.3) is 0 Å². The number of nitrogens with zero attached hydrogens (tertiary/aromatic N) is 1. The van der Waals surface area contributed by atoms with Gasteiger partial charge in [-0.3, -0.25) is 9.59 Å². The predicted octanol–water partition coefficient (Wildman–Crippen LogP) is 3.63. The highest BCUT2D eigenvalue weighted by Gasteiger charge is 2.20. The zero-order valence-electron chi connectivity index (χ0n) is 15.4. The number of nitrogens with one attached hydrogen (secondary N) is 1. The van der Waals surface area contributed by atoms with Gasteiger partial charge in [0, 0.05) is 19.0 Å². The third kappa shape index (κ3) is 4.76. The Kier molecular flexibility index (Phi) is 6.64. The molecule has 2 amide bonds. The molecule has 0 saturated heterocycles. The first-order chi connectivity index (χ1) is 12.3. The van der Waals surface area contributed by atoms with Crippen LogP contribution in [0.5, 0.6) is 5.75 Å². The van der Waals surface area contributed by atoms with Gasteiger partial charge in [-0.05, 0) is 37.1 Å². The molecule has 2 rings (SSSR count). The number of hydrogen-bond acceptors (Lipinski definition) is 3. The maximum Gasteiger partial charge on any atom is 0.240 e. The number of hydrogen-bond donors (Lipinski definition) is 1. The number of amides is 2. The van der Waals surface area contributed by atoms with Gasteiger partial charge in [0.05, 0.1) is 17.8 Å². The molecule has 138 valence electrons. The maximum absolute atomic E-state index is 12.4. The number of methoxy groups -OCH3 is 1. The van der Waals surface area contributed by atoms with E-state index in [4.69, 9.17) is 16.3 Å². The summed E-state index contributed by atoms with van der Waals surface area (Å²) >= 11 is 6.33. The second-order valence-electron chi connectivity index (χ2n) is 6.11. The summed E-state index contributed by atoms with van der Waals surface area (Å²) in [5.41, 5.74) is 3.28. The highest BCUT2D eigenvalue weighted by atomic mass is 35.5. The second-order valence-corrected chi connectivity index (χ2v) is 6.51. The van der Waals surface area contributed by atoms with E-state index in [1.54, 1.807) is 13.2 Å². The van der Waals surface area contributed by atoms with Crippen LogP contribution in [-0.2, 0) is 16.1 Å². The third-order valence-electron chi connectivity index (χ3n) is 4.02. The summed E-state index contributed by atoms with van der Waals surface area (Å²) < 4.78 is 5.28. The fourth-order valence-corrected chi connectivity index (χ4v) is 3.26. The summed E-state index contributed by atoms with van der Waals surface area (Å²) in [5.74, 6) is 0.182. The molecule has 0 bridgehead atoms. The first kappa shape index (κ1) is 19.8. The minimum Gasteiger partial charge on any atom is -0.496 e. The Labute approximate surface area is 158 Å². The number of halogens is 1. The molecule has 0 saturated carbocycles. The summed E-state index contributed by atoms with van der Waals surface area (Å²) in [5, 5.41) is 3.28. The molecular formula is C20H23ClN2O3. The number of benzene rings is 2. The molecule has 0 atom stereocenters. The fourth-order valence-electron chi connectivity index (χ4n) is 2.84. The minimum atomic E-state index is -0.276. The van der Waals surface area contributed by atoms with Crippen LogP contribution >= 0.6 is 11.6 Å². The van der Waals surface area contributed by atoms with E-state index in [9.17, 15) is 9.59 Å². The highest BCUT2D eigenvalue weighted by molar-refractivity contribution is 6.34. The van der Waals surface area contributed by atoms with Crippen LogP contribution in [0.2, 0.25) is 5.02 Å². The van der Waals surface area contributed by atoms with Crippen molar-refractivity contribution in [3.63, 3.8) is 0 Å². The van der Waals surface area contributed by atoms with Crippen molar-refractivity contribution < 1.29 is 14.3 Å². The molecule has 1 N–H and O–H groups in total. The predicted molar refractivity (Wildman–Crippen MR) is 104 cm³/mol. The molecule has 0 radical (unpaired) electrons. The molecule has 6 heteroatoms. The van der Waals surface area contributed by atoms with Gasteiger partial charge in [0.15, 0.2) is 0 Å². The number of rotatable bonds is 6. The molecular weight excluding hydrogens is 352 g/mol. The number of carbonyl (C=O) groups excluding carboxylic acids is 2. The SMILES string of the molecule is COc1ccccc1CNC(=O)CN(C(C)=O)c1c(C)cc(C)cc1Cl. The number of ether oxygens (including phenoxy) is 1. The van der Waals surface area contributed by atoms with Crippen molar-refractivity contribution in [2.45, 2.75) is 27.3 Å². The quantitative estimate of drug-likeness (QED) is 0.839. The Hall–Kier alpha value is -2.53. The van der Waals surface area contributed by atoms with Gasteiger partial charge in [0.1, 0.15) is 12.3 Å². The molecule has 0 spiro atoms. The van der Waals surface area contributed by atoms with E-state index < -0.39 is 0 Å². The maximum atomic E-state index is 12.4. The molecule has 0 heterocycles. The van der Waals surface area contributed by atoms with Gasteiger partial charge in [0.2, 0.25) is 11.8 Å². The molecule has 2 aromatic carbocycles. The first-order valence-corrected chi connectivity index (χ1v) is 8.64. The normalized spacial score (nSPS) is 10.3. The van der Waals surface area contributed by atoms with Crippen LogP contribution in [0, 0.1) is 13.8 Å². The van der Waals surface area contributed by atoms with E-state index in [2.05, 4.69) is 5.32 Å². The molecule has 2 aromatic rings. The highest BCUT2D eigenvalue weighted by Crippen LogP contribution is 2.31. The van der Waals surface area contributed by atoms with E-state index in [1.165, 1.54) is 11.8 Å². The van der Waals surface area contributed by atoms with Crippen LogP contribution in [0.1, 0.15) is 23.6 Å². The lowest BCUT2D eigenvalue weighted by Gasteiger charge is -2.24. The summed E-state index contributed by atoms with van der Waals surface area (Å²) in [6.07, 6.45) is 0. The zero-order chi connectivity index (χ0) is 19.3. The lowest BCUT2D eigenvalue weighted by Crippen LogP contribution is -2.40. The van der Waals surface area contributed by atoms with Crippen molar-refractivity contribution in [3.8, 4) is 5.75 Å². The van der Waals surface area contributed by atoms with E-state index in [0.29, 0.717) is 23.0 Å². The van der Waals surface area contributed by atoms with Crippen LogP contribution in [0.25, 0.3) is 0 Å². The average molecular weight is 375 g/mol. The molecule has 0 aromatic heterocycles.